The second-order valence-corrected chi connectivity index (χ2v) is 3.12. The van der Waals surface area contributed by atoms with Crippen molar-refractivity contribution in [3.8, 4) is 6.07 Å². The summed E-state index contributed by atoms with van der Waals surface area (Å²) in [6, 6.07) is 3.42. The zero-order valence-electron chi connectivity index (χ0n) is 8.16. The fraction of sp³-hybridized carbons (Fsp3) is 0.300. The molecule has 1 heterocycles. The predicted molar refractivity (Wildman–Crippen MR) is 54.3 cm³/mol. The van der Waals surface area contributed by atoms with Crippen molar-refractivity contribution in [1.29, 1.82) is 5.26 Å². The lowest BCUT2D eigenvalue weighted by atomic mass is 10.1. The number of nitrogens with zero attached hydrogens (tertiary/aromatic N) is 2. The molecule has 0 aliphatic rings. The normalized spacial score (nSPS) is 9.40. The smallest absolute Gasteiger partial charge is 0.311 e. The summed E-state index contributed by atoms with van der Waals surface area (Å²) < 4.78 is 4.75. The van der Waals surface area contributed by atoms with Crippen LogP contribution in [-0.4, -0.2) is 17.6 Å². The first kappa shape index (κ1) is 11.5. The lowest BCUT2D eigenvalue weighted by molar-refractivity contribution is -0.142. The summed E-state index contributed by atoms with van der Waals surface area (Å²) in [7, 11) is 0. The molecule has 0 radical (unpaired) electrons. The van der Waals surface area contributed by atoms with Gasteiger partial charge in [-0.05, 0) is 13.0 Å². The van der Waals surface area contributed by atoms with Crippen LogP contribution in [0.25, 0.3) is 0 Å². The van der Waals surface area contributed by atoms with Crippen molar-refractivity contribution in [2.75, 3.05) is 6.61 Å². The first-order chi connectivity index (χ1) is 7.19. The molecule has 0 aliphatic heterocycles. The highest BCUT2D eigenvalue weighted by molar-refractivity contribution is 6.31. The molecule has 0 N–H and O–H groups in total. The third kappa shape index (κ3) is 2.93. The van der Waals surface area contributed by atoms with Crippen LogP contribution in [0.4, 0.5) is 0 Å². The average molecular weight is 225 g/mol. The lowest BCUT2D eigenvalue weighted by Crippen LogP contribution is -2.10. The summed E-state index contributed by atoms with van der Waals surface area (Å²) in [6.07, 6.45) is 1.43. The molecule has 1 rings (SSSR count). The van der Waals surface area contributed by atoms with Crippen LogP contribution in [-0.2, 0) is 16.0 Å². The van der Waals surface area contributed by atoms with Crippen LogP contribution in [0.3, 0.4) is 0 Å². The minimum atomic E-state index is -0.413. The number of nitriles is 1. The molecule has 0 spiro atoms. The SMILES string of the molecule is CCOC(=O)Cc1nccc(Cl)c1C#N. The molecule has 0 bridgehead atoms. The standard InChI is InChI=1S/C10H9ClN2O2/c1-2-15-10(14)5-9-7(6-12)8(11)3-4-13-9/h3-4H,2,5H2,1H3. The monoisotopic (exact) mass is 224 g/mol. The molecule has 0 aliphatic carbocycles. The number of rotatable bonds is 3. The van der Waals surface area contributed by atoms with Gasteiger partial charge in [-0.2, -0.15) is 5.26 Å². The highest BCUT2D eigenvalue weighted by Crippen LogP contribution is 2.17. The Morgan fingerprint density at radius 1 is 1.73 bits per heavy atom. The average Bonchev–Trinajstić information content (AvgIpc) is 2.18. The number of aromatic nitrogens is 1. The Morgan fingerprint density at radius 3 is 3.07 bits per heavy atom. The van der Waals surface area contributed by atoms with E-state index in [0.29, 0.717) is 17.3 Å². The van der Waals surface area contributed by atoms with Gasteiger partial charge in [-0.15, -0.1) is 0 Å². The second-order valence-electron chi connectivity index (χ2n) is 2.71. The van der Waals surface area contributed by atoms with E-state index in [4.69, 9.17) is 21.6 Å². The largest absolute Gasteiger partial charge is 0.466 e. The molecule has 1 aromatic heterocycles. The number of hydrogen-bond acceptors (Lipinski definition) is 4. The van der Waals surface area contributed by atoms with Crippen LogP contribution in [0, 0.1) is 11.3 Å². The number of esters is 1. The van der Waals surface area contributed by atoms with Gasteiger partial charge in [-0.25, -0.2) is 0 Å². The Morgan fingerprint density at radius 2 is 2.47 bits per heavy atom. The molecule has 15 heavy (non-hydrogen) atoms. The van der Waals surface area contributed by atoms with E-state index in [1.54, 1.807) is 6.92 Å². The van der Waals surface area contributed by atoms with Crippen molar-refractivity contribution in [2.24, 2.45) is 0 Å². The topological polar surface area (TPSA) is 63.0 Å². The van der Waals surface area contributed by atoms with E-state index in [9.17, 15) is 4.79 Å². The maximum absolute atomic E-state index is 11.2. The fourth-order valence-electron chi connectivity index (χ4n) is 1.08. The van der Waals surface area contributed by atoms with Gasteiger partial charge < -0.3 is 4.74 Å². The number of carbonyl (C=O) groups is 1. The molecule has 0 unspecified atom stereocenters. The van der Waals surface area contributed by atoms with Gasteiger partial charge in [0.25, 0.3) is 0 Å². The first-order valence-corrected chi connectivity index (χ1v) is 4.76. The molecule has 0 amide bonds. The Labute approximate surface area is 92.4 Å². The van der Waals surface area contributed by atoms with Crippen molar-refractivity contribution in [1.82, 2.24) is 4.98 Å². The van der Waals surface area contributed by atoms with Crippen LogP contribution < -0.4 is 0 Å². The zero-order valence-corrected chi connectivity index (χ0v) is 8.91. The number of ether oxygens (including phenoxy) is 1. The second kappa shape index (κ2) is 5.32. The molecule has 0 saturated carbocycles. The fourth-order valence-corrected chi connectivity index (χ4v) is 1.29. The van der Waals surface area contributed by atoms with Crippen molar-refractivity contribution < 1.29 is 9.53 Å². The third-order valence-corrected chi connectivity index (χ3v) is 2.02. The molecule has 0 saturated heterocycles. The van der Waals surface area contributed by atoms with Crippen LogP contribution in [0.1, 0.15) is 18.2 Å². The Hall–Kier alpha value is -1.60. The lowest BCUT2D eigenvalue weighted by Gasteiger charge is -2.03. The Balaban J connectivity index is 2.91. The number of halogens is 1. The molecule has 0 atom stereocenters. The van der Waals surface area contributed by atoms with E-state index in [2.05, 4.69) is 4.98 Å². The van der Waals surface area contributed by atoms with Gasteiger partial charge in [-0.1, -0.05) is 11.6 Å². The van der Waals surface area contributed by atoms with E-state index in [0.717, 1.165) is 0 Å². The van der Waals surface area contributed by atoms with Gasteiger partial charge in [0.1, 0.15) is 6.07 Å². The van der Waals surface area contributed by atoms with Crippen molar-refractivity contribution in [3.63, 3.8) is 0 Å². The van der Waals surface area contributed by atoms with Gasteiger partial charge >= 0.3 is 5.97 Å². The van der Waals surface area contributed by atoms with Gasteiger partial charge in [0, 0.05) is 6.20 Å². The maximum atomic E-state index is 11.2. The molecule has 5 heteroatoms. The summed E-state index contributed by atoms with van der Waals surface area (Å²) in [5.41, 5.74) is 0.579. The van der Waals surface area contributed by atoms with E-state index >= 15 is 0 Å². The molecular weight excluding hydrogens is 216 g/mol. The summed E-state index contributed by atoms with van der Waals surface area (Å²) in [5.74, 6) is -0.413. The molecule has 1 aromatic rings. The van der Waals surface area contributed by atoms with Crippen molar-refractivity contribution in [3.05, 3.63) is 28.5 Å². The molecule has 4 nitrogen and oxygen atoms in total. The van der Waals surface area contributed by atoms with Crippen LogP contribution >= 0.6 is 11.6 Å². The van der Waals surface area contributed by atoms with Crippen LogP contribution in [0.2, 0.25) is 5.02 Å². The maximum Gasteiger partial charge on any atom is 0.311 e. The summed E-state index contributed by atoms with van der Waals surface area (Å²) in [6.45, 7) is 2.02. The van der Waals surface area contributed by atoms with Crippen LogP contribution in [0.15, 0.2) is 12.3 Å². The molecule has 0 fully saturated rings. The Kier molecular flexibility index (Phi) is 4.07. The van der Waals surface area contributed by atoms with Gasteiger partial charge in [-0.3, -0.25) is 9.78 Å². The number of hydrogen-bond donors (Lipinski definition) is 0. The summed E-state index contributed by atoms with van der Waals surface area (Å²) in [4.78, 5) is 15.1. The number of pyridine rings is 1. The quantitative estimate of drug-likeness (QED) is 0.734. The summed E-state index contributed by atoms with van der Waals surface area (Å²) >= 11 is 5.78. The van der Waals surface area contributed by atoms with E-state index in [-0.39, 0.29) is 12.0 Å². The third-order valence-electron chi connectivity index (χ3n) is 1.71. The van der Waals surface area contributed by atoms with Gasteiger partial charge in [0.15, 0.2) is 0 Å². The minimum Gasteiger partial charge on any atom is -0.466 e. The number of carbonyl (C=O) groups excluding carboxylic acids is 1. The summed E-state index contributed by atoms with van der Waals surface area (Å²) in [5, 5.41) is 9.11. The van der Waals surface area contributed by atoms with Crippen molar-refractivity contribution >= 4 is 17.6 Å². The molecular formula is C10H9ClN2O2. The minimum absolute atomic E-state index is 0.0305. The highest BCUT2D eigenvalue weighted by Gasteiger charge is 2.12. The predicted octanol–water partition coefficient (Wildman–Crippen LogP) is 1.71. The molecule has 78 valence electrons. The first-order valence-electron chi connectivity index (χ1n) is 4.38. The van der Waals surface area contributed by atoms with Crippen LogP contribution in [0.5, 0.6) is 0 Å². The van der Waals surface area contributed by atoms with E-state index in [1.165, 1.54) is 12.3 Å². The van der Waals surface area contributed by atoms with E-state index in [1.807, 2.05) is 6.07 Å². The van der Waals surface area contributed by atoms with E-state index < -0.39 is 5.97 Å². The molecule has 0 aromatic carbocycles. The zero-order chi connectivity index (χ0) is 11.3. The van der Waals surface area contributed by atoms with Crippen molar-refractivity contribution in [2.45, 2.75) is 13.3 Å². The van der Waals surface area contributed by atoms with Gasteiger partial charge in [0.05, 0.1) is 29.3 Å². The highest BCUT2D eigenvalue weighted by atomic mass is 35.5. The van der Waals surface area contributed by atoms with Gasteiger partial charge in [0.2, 0.25) is 0 Å². The Bertz CT molecular complexity index is 412.